The van der Waals surface area contributed by atoms with Crippen molar-refractivity contribution in [3.05, 3.63) is 57.5 Å². The number of aryl methyl sites for hydroxylation is 1. The normalized spacial score (nSPS) is 14.9. The molecule has 0 saturated carbocycles. The number of hydrogen-bond donors (Lipinski definition) is 1. The first kappa shape index (κ1) is 21.0. The van der Waals surface area contributed by atoms with E-state index >= 15 is 0 Å². The second-order valence-corrected chi connectivity index (χ2v) is 8.84. The van der Waals surface area contributed by atoms with Gasteiger partial charge in [0, 0.05) is 29.4 Å². The zero-order chi connectivity index (χ0) is 19.8. The Morgan fingerprint density at radius 2 is 1.86 bits per heavy atom. The van der Waals surface area contributed by atoms with Gasteiger partial charge in [0.05, 0.1) is 13.1 Å². The molecule has 2 heterocycles. The Balaban J connectivity index is 1.53. The Bertz CT molecular complexity index is 740. The lowest BCUT2D eigenvalue weighted by atomic mass is 10.1. The summed E-state index contributed by atoms with van der Waals surface area (Å²) in [6.45, 7) is 7.64. The number of nitrogens with zero attached hydrogens (tertiary/aromatic N) is 2. The zero-order valence-corrected chi connectivity index (χ0v) is 17.4. The van der Waals surface area contributed by atoms with Crippen LogP contribution in [0.5, 0.6) is 0 Å². The van der Waals surface area contributed by atoms with Crippen LogP contribution >= 0.6 is 11.3 Å². The van der Waals surface area contributed by atoms with Gasteiger partial charge in [0.2, 0.25) is 5.91 Å². The van der Waals surface area contributed by atoms with Gasteiger partial charge < -0.3 is 15.1 Å². The fraction of sp³-hybridized carbons (Fsp3) is 0.500. The Hall–Kier alpha value is -1.76. The Kier molecular flexibility index (Phi) is 8.01. The summed E-state index contributed by atoms with van der Waals surface area (Å²) in [5.74, 6) is -0.177. The maximum absolute atomic E-state index is 13.2. The van der Waals surface area contributed by atoms with Crippen LogP contribution in [0.25, 0.3) is 0 Å². The molecule has 152 valence electrons. The molecule has 2 aromatic rings. The Morgan fingerprint density at radius 3 is 2.54 bits per heavy atom. The van der Waals surface area contributed by atoms with Crippen molar-refractivity contribution in [2.75, 3.05) is 32.7 Å². The Labute approximate surface area is 171 Å². The average Bonchev–Trinajstić information content (AvgIpc) is 3.12. The van der Waals surface area contributed by atoms with E-state index in [-0.39, 0.29) is 11.7 Å². The Morgan fingerprint density at radius 1 is 1.11 bits per heavy atom. The van der Waals surface area contributed by atoms with Crippen LogP contribution in [0.1, 0.15) is 34.6 Å². The van der Waals surface area contributed by atoms with Crippen LogP contribution in [0.15, 0.2) is 36.4 Å². The number of piperidine rings is 1. The highest BCUT2D eigenvalue weighted by molar-refractivity contribution is 7.11. The smallest absolute Gasteiger partial charge is 0.237 e. The molecule has 1 aromatic carbocycles. The lowest BCUT2D eigenvalue weighted by molar-refractivity contribution is -0.131. The standard InChI is InChI=1S/C22H30FN3OS/c1-18-5-10-21(28-18)17-26(16-19-6-8-20(23)9-7-19)22(27)15-24-11-14-25-12-3-2-4-13-25/h5-10,24H,2-4,11-17H2,1H3. The van der Waals surface area contributed by atoms with Gasteiger partial charge in [0.1, 0.15) is 5.82 Å². The van der Waals surface area contributed by atoms with Gasteiger partial charge in [-0.15, -0.1) is 11.3 Å². The third-order valence-electron chi connectivity index (χ3n) is 5.11. The first-order valence-corrected chi connectivity index (χ1v) is 10.9. The second kappa shape index (κ2) is 10.7. The number of thiophene rings is 1. The molecule has 3 rings (SSSR count). The minimum absolute atomic E-state index is 0.0778. The number of halogens is 1. The van der Waals surface area contributed by atoms with E-state index in [4.69, 9.17) is 0 Å². The number of hydrogen-bond acceptors (Lipinski definition) is 4. The molecular weight excluding hydrogens is 373 g/mol. The maximum Gasteiger partial charge on any atom is 0.237 e. The predicted octanol–water partition coefficient (Wildman–Crippen LogP) is 3.80. The molecule has 1 fully saturated rings. The summed E-state index contributed by atoms with van der Waals surface area (Å²) in [4.78, 5) is 19.6. The quantitative estimate of drug-likeness (QED) is 0.647. The fourth-order valence-electron chi connectivity index (χ4n) is 3.53. The van der Waals surface area contributed by atoms with Gasteiger partial charge in [0.25, 0.3) is 0 Å². The molecule has 28 heavy (non-hydrogen) atoms. The molecule has 1 aliphatic heterocycles. The highest BCUT2D eigenvalue weighted by Gasteiger charge is 2.16. The van der Waals surface area contributed by atoms with Gasteiger partial charge in [0.15, 0.2) is 0 Å². The molecule has 1 amide bonds. The molecule has 0 unspecified atom stereocenters. The molecule has 0 spiro atoms. The third kappa shape index (κ3) is 6.69. The van der Waals surface area contributed by atoms with Crippen molar-refractivity contribution in [3.63, 3.8) is 0 Å². The summed E-state index contributed by atoms with van der Waals surface area (Å²) in [5, 5.41) is 3.31. The number of nitrogens with one attached hydrogen (secondary N) is 1. The van der Waals surface area contributed by atoms with Gasteiger partial charge in [-0.2, -0.15) is 0 Å². The molecule has 0 bridgehead atoms. The van der Waals surface area contributed by atoms with Crippen LogP contribution in [-0.2, 0) is 17.9 Å². The molecule has 1 aromatic heterocycles. The number of benzene rings is 1. The molecule has 0 radical (unpaired) electrons. The van der Waals surface area contributed by atoms with Crippen LogP contribution in [0.2, 0.25) is 0 Å². The lowest BCUT2D eigenvalue weighted by Gasteiger charge is -2.27. The first-order valence-electron chi connectivity index (χ1n) is 10.1. The van der Waals surface area contributed by atoms with Crippen molar-refractivity contribution in [2.24, 2.45) is 0 Å². The zero-order valence-electron chi connectivity index (χ0n) is 16.6. The van der Waals surface area contributed by atoms with Crippen LogP contribution in [0, 0.1) is 12.7 Å². The summed E-state index contributed by atoms with van der Waals surface area (Å²) < 4.78 is 13.2. The van der Waals surface area contributed by atoms with Gasteiger partial charge in [-0.05, 0) is 62.7 Å². The summed E-state index contributed by atoms with van der Waals surface area (Å²) >= 11 is 1.71. The molecule has 0 aliphatic carbocycles. The number of carbonyl (C=O) groups is 1. The van der Waals surface area contributed by atoms with Crippen LogP contribution in [0.3, 0.4) is 0 Å². The van der Waals surface area contributed by atoms with Crippen LogP contribution in [0.4, 0.5) is 4.39 Å². The van der Waals surface area contributed by atoms with E-state index in [0.717, 1.165) is 18.7 Å². The van der Waals surface area contributed by atoms with Crippen molar-refractivity contribution in [1.82, 2.24) is 15.1 Å². The topological polar surface area (TPSA) is 35.6 Å². The average molecular weight is 404 g/mol. The predicted molar refractivity (Wildman–Crippen MR) is 113 cm³/mol. The van der Waals surface area contributed by atoms with Gasteiger partial charge in [-0.1, -0.05) is 18.6 Å². The second-order valence-electron chi connectivity index (χ2n) is 7.47. The molecule has 1 saturated heterocycles. The monoisotopic (exact) mass is 403 g/mol. The minimum Gasteiger partial charge on any atom is -0.332 e. The highest BCUT2D eigenvalue weighted by atomic mass is 32.1. The molecule has 1 aliphatic rings. The molecule has 0 atom stereocenters. The summed E-state index contributed by atoms with van der Waals surface area (Å²) in [7, 11) is 0. The molecule has 1 N–H and O–H groups in total. The SMILES string of the molecule is Cc1ccc(CN(Cc2ccc(F)cc2)C(=O)CNCCN2CCCCC2)s1. The van der Waals surface area contributed by atoms with E-state index in [1.807, 2.05) is 4.90 Å². The van der Waals surface area contributed by atoms with E-state index < -0.39 is 0 Å². The van der Waals surface area contributed by atoms with Crippen molar-refractivity contribution >= 4 is 17.2 Å². The van der Waals surface area contributed by atoms with Crippen molar-refractivity contribution < 1.29 is 9.18 Å². The van der Waals surface area contributed by atoms with E-state index in [0.29, 0.717) is 19.6 Å². The maximum atomic E-state index is 13.2. The van der Waals surface area contributed by atoms with Crippen molar-refractivity contribution in [1.29, 1.82) is 0 Å². The third-order valence-corrected chi connectivity index (χ3v) is 6.10. The summed E-state index contributed by atoms with van der Waals surface area (Å²) in [6.07, 6.45) is 3.90. The minimum atomic E-state index is -0.255. The van der Waals surface area contributed by atoms with E-state index in [2.05, 4.69) is 29.3 Å². The van der Waals surface area contributed by atoms with E-state index in [1.54, 1.807) is 23.5 Å². The molecule has 6 heteroatoms. The fourth-order valence-corrected chi connectivity index (χ4v) is 4.43. The summed E-state index contributed by atoms with van der Waals surface area (Å²) in [6, 6.07) is 10.6. The molecule has 4 nitrogen and oxygen atoms in total. The van der Waals surface area contributed by atoms with Crippen LogP contribution in [-0.4, -0.2) is 48.4 Å². The van der Waals surface area contributed by atoms with Crippen molar-refractivity contribution in [3.8, 4) is 0 Å². The van der Waals surface area contributed by atoms with Crippen molar-refractivity contribution in [2.45, 2.75) is 39.3 Å². The number of carbonyl (C=O) groups excluding carboxylic acids is 1. The lowest BCUT2D eigenvalue weighted by Crippen LogP contribution is -2.41. The molecular formula is C22H30FN3OS. The van der Waals surface area contributed by atoms with Gasteiger partial charge in [-0.3, -0.25) is 4.79 Å². The number of rotatable bonds is 9. The van der Waals surface area contributed by atoms with Gasteiger partial charge >= 0.3 is 0 Å². The van der Waals surface area contributed by atoms with Gasteiger partial charge in [-0.25, -0.2) is 4.39 Å². The highest BCUT2D eigenvalue weighted by Crippen LogP contribution is 2.19. The summed E-state index contributed by atoms with van der Waals surface area (Å²) in [5.41, 5.74) is 0.941. The number of amides is 1. The van der Waals surface area contributed by atoms with E-state index in [9.17, 15) is 9.18 Å². The first-order chi connectivity index (χ1) is 13.6. The number of likely N-dealkylation sites (tertiary alicyclic amines) is 1. The van der Waals surface area contributed by atoms with Crippen LogP contribution < -0.4 is 5.32 Å². The largest absolute Gasteiger partial charge is 0.332 e. The van der Waals surface area contributed by atoms with E-state index in [1.165, 1.54) is 54.2 Å².